The summed E-state index contributed by atoms with van der Waals surface area (Å²) in [7, 11) is -3.46. The van der Waals surface area contributed by atoms with Crippen LogP contribution in [0, 0.1) is 12.8 Å². The van der Waals surface area contributed by atoms with E-state index in [9.17, 15) is 13.2 Å². The highest BCUT2D eigenvalue weighted by Gasteiger charge is 2.32. The average molecular weight is 407 g/mol. The largest absolute Gasteiger partial charge is 0.326 e. The molecule has 27 heavy (non-hydrogen) atoms. The Kier molecular flexibility index (Phi) is 6.19. The Hall–Kier alpha value is -1.89. The second kappa shape index (κ2) is 8.42. The van der Waals surface area contributed by atoms with Crippen LogP contribution in [0.1, 0.15) is 24.0 Å². The zero-order chi connectivity index (χ0) is 19.4. The van der Waals surface area contributed by atoms with E-state index in [4.69, 9.17) is 11.6 Å². The zero-order valence-electron chi connectivity index (χ0n) is 15.2. The van der Waals surface area contributed by atoms with Gasteiger partial charge >= 0.3 is 0 Å². The van der Waals surface area contributed by atoms with E-state index in [0.717, 1.165) is 11.1 Å². The fourth-order valence-electron chi connectivity index (χ4n) is 3.26. The third-order valence-electron chi connectivity index (χ3n) is 4.87. The number of nitrogens with zero attached hydrogens (tertiary/aromatic N) is 1. The third kappa shape index (κ3) is 4.89. The van der Waals surface area contributed by atoms with Crippen LogP contribution in [0.15, 0.2) is 48.5 Å². The molecule has 1 aliphatic heterocycles. The molecule has 1 N–H and O–H groups in total. The van der Waals surface area contributed by atoms with Gasteiger partial charge in [0.25, 0.3) is 0 Å². The second-order valence-corrected chi connectivity index (χ2v) is 9.22. The van der Waals surface area contributed by atoms with Crippen LogP contribution in [-0.4, -0.2) is 31.7 Å². The maximum Gasteiger partial charge on any atom is 0.228 e. The molecule has 1 amide bonds. The molecule has 0 unspecified atom stereocenters. The Balaban J connectivity index is 1.68. The van der Waals surface area contributed by atoms with Crippen molar-refractivity contribution in [2.24, 2.45) is 5.92 Å². The molecule has 0 aromatic heterocycles. The van der Waals surface area contributed by atoms with Gasteiger partial charge in [0.1, 0.15) is 0 Å². The predicted molar refractivity (Wildman–Crippen MR) is 108 cm³/mol. The van der Waals surface area contributed by atoms with Gasteiger partial charge in [-0.25, -0.2) is 12.7 Å². The van der Waals surface area contributed by atoms with E-state index >= 15 is 0 Å². The Morgan fingerprint density at radius 3 is 2.67 bits per heavy atom. The third-order valence-corrected chi connectivity index (χ3v) is 7.09. The zero-order valence-corrected chi connectivity index (χ0v) is 16.8. The number of amides is 1. The lowest BCUT2D eigenvalue weighted by atomic mass is 9.98. The van der Waals surface area contributed by atoms with E-state index in [1.807, 2.05) is 25.1 Å². The van der Waals surface area contributed by atoms with Crippen LogP contribution in [0.3, 0.4) is 0 Å². The predicted octanol–water partition coefficient (Wildman–Crippen LogP) is 3.83. The molecule has 3 rings (SSSR count). The summed E-state index contributed by atoms with van der Waals surface area (Å²) in [5.74, 6) is -0.585. The second-order valence-electron chi connectivity index (χ2n) is 6.84. The summed E-state index contributed by atoms with van der Waals surface area (Å²) in [4.78, 5) is 12.7. The number of anilines is 1. The van der Waals surface area contributed by atoms with Gasteiger partial charge in [-0.05, 0) is 43.0 Å². The van der Waals surface area contributed by atoms with Crippen molar-refractivity contribution < 1.29 is 13.2 Å². The van der Waals surface area contributed by atoms with Crippen LogP contribution in [0.25, 0.3) is 0 Å². The molecule has 7 heteroatoms. The fourth-order valence-corrected chi connectivity index (χ4v) is 5.05. The standard InChI is InChI=1S/C20H23ClN2O3S/c1-15-18(21)10-5-11-19(15)22-20(24)17-9-6-12-23(13-17)27(25,26)14-16-7-3-2-4-8-16/h2-5,7-8,10-11,17H,6,9,12-14H2,1H3,(H,22,24)/t17-/m1/s1. The number of nitrogens with one attached hydrogen (secondary N) is 1. The molecule has 144 valence electrons. The van der Waals surface area contributed by atoms with E-state index in [0.29, 0.717) is 30.1 Å². The van der Waals surface area contributed by atoms with E-state index in [-0.39, 0.29) is 24.1 Å². The highest BCUT2D eigenvalue weighted by atomic mass is 35.5. The summed E-state index contributed by atoms with van der Waals surface area (Å²) in [6, 6.07) is 14.4. The molecule has 1 atom stereocenters. The van der Waals surface area contributed by atoms with Gasteiger partial charge in [-0.15, -0.1) is 0 Å². The molecule has 1 heterocycles. The summed E-state index contributed by atoms with van der Waals surface area (Å²) in [6.45, 7) is 2.51. The highest BCUT2D eigenvalue weighted by Crippen LogP contribution is 2.26. The number of halogens is 1. The maximum atomic E-state index is 12.8. The van der Waals surface area contributed by atoms with Crippen LogP contribution >= 0.6 is 11.6 Å². The monoisotopic (exact) mass is 406 g/mol. The molecular formula is C20H23ClN2O3S. The molecule has 0 bridgehead atoms. The summed E-state index contributed by atoms with van der Waals surface area (Å²) in [6.07, 6.45) is 1.34. The average Bonchev–Trinajstić information content (AvgIpc) is 2.66. The van der Waals surface area contributed by atoms with Crippen molar-refractivity contribution in [1.82, 2.24) is 4.31 Å². The minimum atomic E-state index is -3.46. The quantitative estimate of drug-likeness (QED) is 0.820. The van der Waals surface area contributed by atoms with E-state index < -0.39 is 10.0 Å². The number of carbonyl (C=O) groups is 1. The Morgan fingerprint density at radius 1 is 1.19 bits per heavy atom. The van der Waals surface area contributed by atoms with E-state index in [1.54, 1.807) is 30.3 Å². The molecule has 2 aromatic carbocycles. The molecule has 0 saturated carbocycles. The number of hydrogen-bond donors (Lipinski definition) is 1. The summed E-state index contributed by atoms with van der Waals surface area (Å²) >= 11 is 6.10. The topological polar surface area (TPSA) is 66.5 Å². The van der Waals surface area contributed by atoms with E-state index in [2.05, 4.69) is 5.32 Å². The van der Waals surface area contributed by atoms with Crippen molar-refractivity contribution in [3.8, 4) is 0 Å². The molecule has 1 saturated heterocycles. The molecule has 1 fully saturated rings. The summed E-state index contributed by atoms with van der Waals surface area (Å²) in [5, 5.41) is 3.48. The number of sulfonamides is 1. The van der Waals surface area contributed by atoms with Gasteiger partial charge < -0.3 is 5.32 Å². The number of benzene rings is 2. The smallest absolute Gasteiger partial charge is 0.228 e. The van der Waals surface area contributed by atoms with Crippen LogP contribution in [0.5, 0.6) is 0 Å². The first-order chi connectivity index (χ1) is 12.9. The SMILES string of the molecule is Cc1c(Cl)cccc1NC(=O)[C@@H]1CCCN(S(=O)(=O)Cc2ccccc2)C1. The molecule has 0 spiro atoms. The number of carbonyl (C=O) groups excluding carboxylic acids is 1. The normalized spacial score (nSPS) is 18.2. The fraction of sp³-hybridized carbons (Fsp3) is 0.350. The molecule has 2 aromatic rings. The van der Waals surface area contributed by atoms with Crippen molar-refractivity contribution in [1.29, 1.82) is 0 Å². The van der Waals surface area contributed by atoms with Crippen molar-refractivity contribution >= 4 is 33.2 Å². The van der Waals surface area contributed by atoms with E-state index in [1.165, 1.54) is 4.31 Å². The Labute approximate surface area is 165 Å². The van der Waals surface area contributed by atoms with Gasteiger partial charge in [0, 0.05) is 23.8 Å². The number of hydrogen-bond acceptors (Lipinski definition) is 3. The van der Waals surface area contributed by atoms with Gasteiger partial charge in [0.2, 0.25) is 15.9 Å². The lowest BCUT2D eigenvalue weighted by Gasteiger charge is -2.31. The lowest BCUT2D eigenvalue weighted by Crippen LogP contribution is -2.44. The number of piperidine rings is 1. The molecule has 0 radical (unpaired) electrons. The molecule has 0 aliphatic carbocycles. The van der Waals surface area contributed by atoms with Gasteiger partial charge in [-0.1, -0.05) is 48.0 Å². The molecule has 5 nitrogen and oxygen atoms in total. The van der Waals surface area contributed by atoms with Crippen LogP contribution in [0.4, 0.5) is 5.69 Å². The highest BCUT2D eigenvalue weighted by molar-refractivity contribution is 7.88. The minimum Gasteiger partial charge on any atom is -0.326 e. The molecule has 1 aliphatic rings. The first-order valence-electron chi connectivity index (χ1n) is 8.94. The van der Waals surface area contributed by atoms with Crippen LogP contribution < -0.4 is 5.32 Å². The minimum absolute atomic E-state index is 0.0461. The lowest BCUT2D eigenvalue weighted by molar-refractivity contribution is -0.120. The summed E-state index contributed by atoms with van der Waals surface area (Å²) in [5.41, 5.74) is 2.22. The molecular weight excluding hydrogens is 384 g/mol. The van der Waals surface area contributed by atoms with Crippen molar-refractivity contribution in [3.05, 3.63) is 64.7 Å². The van der Waals surface area contributed by atoms with Gasteiger partial charge in [0.15, 0.2) is 0 Å². The van der Waals surface area contributed by atoms with Crippen molar-refractivity contribution in [2.75, 3.05) is 18.4 Å². The Bertz CT molecular complexity index is 916. The van der Waals surface area contributed by atoms with Gasteiger partial charge in [-0.2, -0.15) is 0 Å². The first-order valence-corrected chi connectivity index (χ1v) is 10.9. The van der Waals surface area contributed by atoms with Gasteiger partial charge in [0.05, 0.1) is 11.7 Å². The maximum absolute atomic E-state index is 12.8. The van der Waals surface area contributed by atoms with Crippen molar-refractivity contribution in [3.63, 3.8) is 0 Å². The number of rotatable bonds is 5. The summed E-state index contributed by atoms with van der Waals surface area (Å²) < 4.78 is 27.0. The van der Waals surface area contributed by atoms with Gasteiger partial charge in [-0.3, -0.25) is 4.79 Å². The Morgan fingerprint density at radius 2 is 1.93 bits per heavy atom. The first kappa shape index (κ1) is 19.9. The van der Waals surface area contributed by atoms with Crippen molar-refractivity contribution in [2.45, 2.75) is 25.5 Å². The van der Waals surface area contributed by atoms with Crippen LogP contribution in [0.2, 0.25) is 5.02 Å². The van der Waals surface area contributed by atoms with Crippen LogP contribution in [-0.2, 0) is 20.6 Å².